The van der Waals surface area contributed by atoms with Crippen LogP contribution in [0.4, 0.5) is 4.39 Å². The lowest BCUT2D eigenvalue weighted by atomic mass is 9.98. The topological polar surface area (TPSA) is 99.2 Å². The lowest BCUT2D eigenvalue weighted by Gasteiger charge is -2.18. The summed E-state index contributed by atoms with van der Waals surface area (Å²) in [7, 11) is 0. The van der Waals surface area contributed by atoms with Crippen LogP contribution >= 0.6 is 11.6 Å². The third-order valence-electron chi connectivity index (χ3n) is 6.94. The standard InChI is InChI=1S/C28H26ClFN4O4/c1-16-9-20(30)21(31-12-16)14-38-23-10-18(3)34(27(37)25(23)29)22-11-24(32-13-17(22)2)33-8-4-5-19(26(33)36)28(15-35)6-7-28/h4-5,8-13,35H,6-7,14-15H2,1-3H3. The highest BCUT2D eigenvalue weighted by Crippen LogP contribution is 2.46. The van der Waals surface area contributed by atoms with Crippen LogP contribution in [0.1, 0.15) is 40.9 Å². The van der Waals surface area contributed by atoms with Crippen LogP contribution in [0.3, 0.4) is 0 Å². The van der Waals surface area contributed by atoms with Crippen molar-refractivity contribution in [2.45, 2.75) is 45.6 Å². The fourth-order valence-electron chi connectivity index (χ4n) is 4.52. The second kappa shape index (κ2) is 9.81. The van der Waals surface area contributed by atoms with Crippen molar-refractivity contribution in [1.29, 1.82) is 0 Å². The van der Waals surface area contributed by atoms with Crippen molar-refractivity contribution in [3.63, 3.8) is 0 Å². The number of aromatic nitrogens is 4. The summed E-state index contributed by atoms with van der Waals surface area (Å²) in [6.07, 6.45) is 6.23. The molecule has 5 rings (SSSR count). The summed E-state index contributed by atoms with van der Waals surface area (Å²) in [5.41, 5.74) is 1.75. The number of nitrogens with zero attached hydrogens (tertiary/aromatic N) is 4. The van der Waals surface area contributed by atoms with Crippen LogP contribution in [0.15, 0.2) is 58.5 Å². The molecule has 0 aromatic carbocycles. The zero-order valence-corrected chi connectivity index (χ0v) is 21.9. The van der Waals surface area contributed by atoms with E-state index < -0.39 is 16.8 Å². The molecular formula is C28H26ClFN4O4. The van der Waals surface area contributed by atoms with Crippen molar-refractivity contribution in [3.05, 3.63) is 109 Å². The van der Waals surface area contributed by atoms with E-state index in [0.29, 0.717) is 33.9 Å². The van der Waals surface area contributed by atoms with Gasteiger partial charge in [0.25, 0.3) is 11.1 Å². The van der Waals surface area contributed by atoms with E-state index in [4.69, 9.17) is 16.3 Å². The third kappa shape index (κ3) is 4.52. The molecule has 4 heterocycles. The Kier molecular flexibility index (Phi) is 6.66. The maximum atomic E-state index is 14.2. The number of hydrogen-bond donors (Lipinski definition) is 1. The Labute approximate surface area is 223 Å². The van der Waals surface area contributed by atoms with Gasteiger partial charge in [-0.1, -0.05) is 17.7 Å². The van der Waals surface area contributed by atoms with Crippen LogP contribution < -0.4 is 15.9 Å². The monoisotopic (exact) mass is 536 g/mol. The minimum atomic E-state index is -0.530. The predicted octanol–water partition coefficient (Wildman–Crippen LogP) is 4.10. The Morgan fingerprint density at radius 1 is 1.11 bits per heavy atom. The Morgan fingerprint density at radius 2 is 1.87 bits per heavy atom. The molecule has 0 radical (unpaired) electrons. The first kappa shape index (κ1) is 25.8. The van der Waals surface area contributed by atoms with Gasteiger partial charge in [-0.05, 0) is 56.9 Å². The van der Waals surface area contributed by atoms with E-state index in [1.807, 2.05) is 0 Å². The fraction of sp³-hybridized carbons (Fsp3) is 0.286. The zero-order chi connectivity index (χ0) is 27.2. The van der Waals surface area contributed by atoms with Crippen molar-refractivity contribution < 1.29 is 14.2 Å². The average Bonchev–Trinajstić information content (AvgIpc) is 3.69. The first-order valence-electron chi connectivity index (χ1n) is 12.1. The van der Waals surface area contributed by atoms with Crippen molar-refractivity contribution in [1.82, 2.24) is 19.1 Å². The van der Waals surface area contributed by atoms with Gasteiger partial charge >= 0.3 is 0 Å². The molecule has 196 valence electrons. The van der Waals surface area contributed by atoms with Crippen LogP contribution in [0, 0.1) is 26.6 Å². The van der Waals surface area contributed by atoms with Gasteiger partial charge in [0, 0.05) is 47.4 Å². The van der Waals surface area contributed by atoms with E-state index in [1.54, 1.807) is 57.4 Å². The molecule has 1 fully saturated rings. The van der Waals surface area contributed by atoms with Gasteiger partial charge in [-0.15, -0.1) is 0 Å². The van der Waals surface area contributed by atoms with Crippen LogP contribution in [0.25, 0.3) is 11.5 Å². The van der Waals surface area contributed by atoms with Gasteiger partial charge < -0.3 is 9.84 Å². The minimum absolute atomic E-state index is 0.0903. The van der Waals surface area contributed by atoms with Gasteiger partial charge in [-0.25, -0.2) is 9.37 Å². The first-order chi connectivity index (χ1) is 18.1. The normalized spacial score (nSPS) is 13.9. The number of halogens is 2. The second-order valence-corrected chi connectivity index (χ2v) is 10.1. The largest absolute Gasteiger partial charge is 0.485 e. The maximum absolute atomic E-state index is 14.2. The molecule has 4 aromatic rings. The highest BCUT2D eigenvalue weighted by atomic mass is 35.5. The van der Waals surface area contributed by atoms with Crippen LogP contribution in [0.2, 0.25) is 5.02 Å². The van der Waals surface area contributed by atoms with Crippen molar-refractivity contribution in [2.24, 2.45) is 0 Å². The summed E-state index contributed by atoms with van der Waals surface area (Å²) in [5, 5.41) is 9.65. The van der Waals surface area contributed by atoms with Gasteiger partial charge in [0.1, 0.15) is 34.7 Å². The molecular weight excluding hydrogens is 511 g/mol. The number of aliphatic hydroxyl groups is 1. The van der Waals surface area contributed by atoms with E-state index in [9.17, 15) is 19.1 Å². The van der Waals surface area contributed by atoms with E-state index in [1.165, 1.54) is 21.4 Å². The third-order valence-corrected chi connectivity index (χ3v) is 7.29. The van der Waals surface area contributed by atoms with Gasteiger partial charge in [0.15, 0.2) is 0 Å². The highest BCUT2D eigenvalue weighted by Gasteiger charge is 2.45. The summed E-state index contributed by atoms with van der Waals surface area (Å²) in [5.74, 6) is -0.0614. The molecule has 0 spiro atoms. The zero-order valence-electron chi connectivity index (χ0n) is 21.2. The lowest BCUT2D eigenvalue weighted by molar-refractivity contribution is 0.254. The van der Waals surface area contributed by atoms with Gasteiger partial charge in [0.05, 0.1) is 12.3 Å². The predicted molar refractivity (Wildman–Crippen MR) is 141 cm³/mol. The van der Waals surface area contributed by atoms with Crippen molar-refractivity contribution in [2.75, 3.05) is 6.61 Å². The van der Waals surface area contributed by atoms with Crippen molar-refractivity contribution >= 4 is 11.6 Å². The minimum Gasteiger partial charge on any atom is -0.485 e. The van der Waals surface area contributed by atoms with Crippen LogP contribution in [0.5, 0.6) is 5.75 Å². The number of aryl methyl sites for hydroxylation is 3. The Balaban J connectivity index is 1.52. The van der Waals surface area contributed by atoms with E-state index >= 15 is 0 Å². The molecule has 0 aliphatic heterocycles. The summed E-state index contributed by atoms with van der Waals surface area (Å²) in [4.78, 5) is 35.1. The molecule has 0 saturated heterocycles. The fourth-order valence-corrected chi connectivity index (χ4v) is 4.71. The molecule has 10 heteroatoms. The van der Waals surface area contributed by atoms with Crippen LogP contribution in [-0.4, -0.2) is 30.8 Å². The molecule has 38 heavy (non-hydrogen) atoms. The Hall–Kier alpha value is -3.82. The molecule has 0 bridgehead atoms. The molecule has 1 saturated carbocycles. The number of rotatable bonds is 7. The maximum Gasteiger partial charge on any atom is 0.277 e. The summed E-state index contributed by atoms with van der Waals surface area (Å²) < 4.78 is 22.7. The molecule has 0 unspecified atom stereocenters. The smallest absolute Gasteiger partial charge is 0.277 e. The lowest BCUT2D eigenvalue weighted by Crippen LogP contribution is -2.29. The number of hydrogen-bond acceptors (Lipinski definition) is 6. The molecule has 1 aliphatic rings. The molecule has 0 atom stereocenters. The molecule has 4 aromatic heterocycles. The Bertz CT molecular complexity index is 1680. The molecule has 0 amide bonds. The average molecular weight is 537 g/mol. The number of aliphatic hydroxyl groups excluding tert-OH is 1. The van der Waals surface area contributed by atoms with Crippen LogP contribution in [-0.2, 0) is 12.0 Å². The van der Waals surface area contributed by atoms with E-state index in [0.717, 1.165) is 12.8 Å². The molecule has 8 nitrogen and oxygen atoms in total. The number of pyridine rings is 4. The SMILES string of the molecule is Cc1cnc(COc2cc(C)n(-c3cc(-n4cccc(C5(CO)CC5)c4=O)ncc3C)c(=O)c2Cl)c(F)c1. The van der Waals surface area contributed by atoms with E-state index in [2.05, 4.69) is 9.97 Å². The molecule has 1 N–H and O–H groups in total. The summed E-state index contributed by atoms with van der Waals surface area (Å²) in [6, 6.07) is 8.09. The second-order valence-electron chi connectivity index (χ2n) is 9.70. The Morgan fingerprint density at radius 3 is 2.55 bits per heavy atom. The summed E-state index contributed by atoms with van der Waals surface area (Å²) in [6.45, 7) is 4.97. The number of ether oxygens (including phenoxy) is 1. The quantitative estimate of drug-likeness (QED) is 0.382. The van der Waals surface area contributed by atoms with Gasteiger partial charge in [-0.3, -0.25) is 23.7 Å². The van der Waals surface area contributed by atoms with E-state index in [-0.39, 0.29) is 35.2 Å². The van der Waals surface area contributed by atoms with Crippen molar-refractivity contribution in [3.8, 4) is 17.3 Å². The highest BCUT2D eigenvalue weighted by molar-refractivity contribution is 6.31. The van der Waals surface area contributed by atoms with Gasteiger partial charge in [-0.2, -0.15) is 0 Å². The summed E-state index contributed by atoms with van der Waals surface area (Å²) >= 11 is 6.41. The first-order valence-corrected chi connectivity index (χ1v) is 12.5. The molecule has 1 aliphatic carbocycles. The van der Waals surface area contributed by atoms with Gasteiger partial charge in [0.2, 0.25) is 0 Å².